The number of aromatic amines is 1. The molecule has 1 aromatic carbocycles. The van der Waals surface area contributed by atoms with E-state index in [9.17, 15) is 4.79 Å². The number of benzene rings is 1. The molecule has 1 aliphatic rings. The van der Waals surface area contributed by atoms with Gasteiger partial charge in [-0.05, 0) is 63.6 Å². The van der Waals surface area contributed by atoms with Gasteiger partial charge in [0.1, 0.15) is 12.4 Å². The average molecular weight is 455 g/mol. The van der Waals surface area contributed by atoms with Gasteiger partial charge in [-0.25, -0.2) is 4.98 Å². The minimum Gasteiger partial charge on any atom is -0.490 e. The van der Waals surface area contributed by atoms with Crippen molar-refractivity contribution < 1.29 is 4.74 Å². The van der Waals surface area contributed by atoms with Gasteiger partial charge in [-0.3, -0.25) is 14.7 Å². The predicted octanol–water partition coefficient (Wildman–Crippen LogP) is 4.26. The molecular formula is C22H32Cl2N4O2. The topological polar surface area (TPSA) is 70.2 Å². The first-order valence-corrected chi connectivity index (χ1v) is 10.0. The number of halogens is 2. The highest BCUT2D eigenvalue weighted by atomic mass is 35.5. The number of aromatic nitrogens is 2. The Bertz CT molecular complexity index is 864. The van der Waals surface area contributed by atoms with Gasteiger partial charge >= 0.3 is 0 Å². The maximum absolute atomic E-state index is 11.7. The Morgan fingerprint density at radius 3 is 2.67 bits per heavy atom. The van der Waals surface area contributed by atoms with Gasteiger partial charge in [-0.2, -0.15) is 0 Å². The number of H-pyrrole nitrogens is 1. The number of nitrogens with zero attached hydrogens (tertiary/aromatic N) is 2. The molecule has 0 spiro atoms. The van der Waals surface area contributed by atoms with Crippen LogP contribution in [-0.2, 0) is 6.54 Å². The minimum atomic E-state index is -0.105. The van der Waals surface area contributed by atoms with E-state index in [-0.39, 0.29) is 30.4 Å². The number of anilines is 1. The van der Waals surface area contributed by atoms with Gasteiger partial charge in [0.15, 0.2) is 0 Å². The number of hydrogen-bond acceptors (Lipinski definition) is 5. The Hall–Kier alpha value is -2.02. The van der Waals surface area contributed by atoms with Crippen LogP contribution < -0.4 is 15.6 Å². The lowest BCUT2D eigenvalue weighted by molar-refractivity contribution is 0.220. The molecule has 166 valence electrons. The van der Waals surface area contributed by atoms with Crippen LogP contribution in [0.1, 0.15) is 36.1 Å². The molecule has 8 heteroatoms. The molecule has 30 heavy (non-hydrogen) atoms. The fraction of sp³-hybridized carbons (Fsp3) is 0.455. The molecular weight excluding hydrogens is 423 g/mol. The number of aryl methyl sites for hydroxylation is 1. The monoisotopic (exact) mass is 454 g/mol. The predicted molar refractivity (Wildman–Crippen MR) is 128 cm³/mol. The Balaban J connectivity index is 0.00000225. The maximum Gasteiger partial charge on any atom is 0.255 e. The molecule has 1 aromatic heterocycles. The smallest absolute Gasteiger partial charge is 0.255 e. The van der Waals surface area contributed by atoms with Crippen molar-refractivity contribution in [3.63, 3.8) is 0 Å². The van der Waals surface area contributed by atoms with Crippen LogP contribution in [0.3, 0.4) is 0 Å². The number of piperidine rings is 1. The van der Waals surface area contributed by atoms with E-state index >= 15 is 0 Å². The van der Waals surface area contributed by atoms with Crippen LogP contribution in [-0.4, -0.2) is 41.1 Å². The van der Waals surface area contributed by atoms with Gasteiger partial charge in [0.05, 0.1) is 0 Å². The summed E-state index contributed by atoms with van der Waals surface area (Å²) in [5.41, 5.74) is 2.58. The van der Waals surface area contributed by atoms with Crippen LogP contribution in [0.15, 0.2) is 41.2 Å². The second-order valence-electron chi connectivity index (χ2n) is 7.27. The average Bonchev–Trinajstić information content (AvgIpc) is 2.70. The molecule has 0 bridgehead atoms. The second-order valence-corrected chi connectivity index (χ2v) is 7.27. The van der Waals surface area contributed by atoms with Crippen molar-refractivity contribution in [1.82, 2.24) is 14.9 Å². The Morgan fingerprint density at radius 1 is 1.17 bits per heavy atom. The van der Waals surface area contributed by atoms with Gasteiger partial charge in [-0.15, -0.1) is 24.8 Å². The van der Waals surface area contributed by atoms with Crippen molar-refractivity contribution in [3.05, 3.63) is 63.6 Å². The van der Waals surface area contributed by atoms with Crippen molar-refractivity contribution in [2.75, 3.05) is 31.6 Å². The normalized spacial score (nSPS) is 14.1. The molecule has 6 nitrogen and oxygen atoms in total. The number of ether oxygens (including phenoxy) is 1. The SMILES string of the molecule is Cc1nc(NCC=CCOc2cccc(CN3CCCCC3)c2)[nH]c(=O)c1C.Cl.Cl. The largest absolute Gasteiger partial charge is 0.490 e. The van der Waals surface area contributed by atoms with Crippen LogP contribution in [0.25, 0.3) is 0 Å². The first-order valence-electron chi connectivity index (χ1n) is 10.0. The third-order valence-electron chi connectivity index (χ3n) is 5.05. The minimum absolute atomic E-state index is 0. The third kappa shape index (κ3) is 8.01. The molecule has 0 unspecified atom stereocenters. The standard InChI is InChI=1S/C22H30N4O2.2ClH/c1-17-18(2)24-22(25-21(17)27)23-11-4-7-14-28-20-10-8-9-19(15-20)16-26-12-5-3-6-13-26;;/h4,7-10,15H,3,5-6,11-14,16H2,1-2H3,(H2,23,24,25,27);2*1H. The fourth-order valence-electron chi connectivity index (χ4n) is 3.29. The first kappa shape index (κ1) is 26.0. The van der Waals surface area contributed by atoms with E-state index in [0.717, 1.165) is 18.0 Å². The van der Waals surface area contributed by atoms with Crippen LogP contribution in [0, 0.1) is 13.8 Å². The lowest BCUT2D eigenvalue weighted by Gasteiger charge is -2.26. The highest BCUT2D eigenvalue weighted by molar-refractivity contribution is 5.85. The summed E-state index contributed by atoms with van der Waals surface area (Å²) in [5, 5.41) is 3.09. The summed E-state index contributed by atoms with van der Waals surface area (Å²) in [7, 11) is 0. The molecule has 0 aliphatic carbocycles. The summed E-state index contributed by atoms with van der Waals surface area (Å²) in [5.74, 6) is 1.39. The highest BCUT2D eigenvalue weighted by Crippen LogP contribution is 2.17. The van der Waals surface area contributed by atoms with E-state index in [1.807, 2.05) is 25.1 Å². The molecule has 1 fully saturated rings. The molecule has 0 saturated carbocycles. The van der Waals surface area contributed by atoms with Gasteiger partial charge < -0.3 is 10.1 Å². The van der Waals surface area contributed by atoms with E-state index in [1.54, 1.807) is 6.92 Å². The number of hydrogen-bond donors (Lipinski definition) is 2. The molecule has 0 amide bonds. The second kappa shape index (κ2) is 13.3. The van der Waals surface area contributed by atoms with E-state index in [4.69, 9.17) is 4.74 Å². The highest BCUT2D eigenvalue weighted by Gasteiger charge is 2.10. The van der Waals surface area contributed by atoms with Crippen molar-refractivity contribution in [2.24, 2.45) is 0 Å². The van der Waals surface area contributed by atoms with Gasteiger partial charge in [0, 0.05) is 24.3 Å². The van der Waals surface area contributed by atoms with Gasteiger partial charge in [-0.1, -0.05) is 24.6 Å². The zero-order valence-corrected chi connectivity index (χ0v) is 19.3. The van der Waals surface area contributed by atoms with Crippen molar-refractivity contribution >= 4 is 30.8 Å². The van der Waals surface area contributed by atoms with Crippen LogP contribution >= 0.6 is 24.8 Å². The quantitative estimate of drug-likeness (QED) is 0.582. The molecule has 0 radical (unpaired) electrons. The molecule has 2 heterocycles. The Morgan fingerprint density at radius 2 is 1.93 bits per heavy atom. The molecule has 2 N–H and O–H groups in total. The van der Waals surface area contributed by atoms with Crippen molar-refractivity contribution in [2.45, 2.75) is 39.7 Å². The van der Waals surface area contributed by atoms with Gasteiger partial charge in [0.2, 0.25) is 5.95 Å². The molecule has 1 aliphatic heterocycles. The Labute approximate surface area is 191 Å². The van der Waals surface area contributed by atoms with Crippen molar-refractivity contribution in [3.8, 4) is 5.75 Å². The third-order valence-corrected chi connectivity index (χ3v) is 5.05. The number of rotatable bonds is 8. The molecule has 2 aromatic rings. The molecule has 1 saturated heterocycles. The number of nitrogens with one attached hydrogen (secondary N) is 2. The van der Waals surface area contributed by atoms with E-state index in [2.05, 4.69) is 38.4 Å². The zero-order chi connectivity index (χ0) is 19.8. The summed E-state index contributed by atoms with van der Waals surface area (Å²) in [4.78, 5) is 21.3. The van der Waals surface area contributed by atoms with Crippen LogP contribution in [0.2, 0.25) is 0 Å². The van der Waals surface area contributed by atoms with Crippen molar-refractivity contribution in [1.29, 1.82) is 0 Å². The maximum atomic E-state index is 11.7. The van der Waals surface area contributed by atoms with E-state index < -0.39 is 0 Å². The summed E-state index contributed by atoms with van der Waals surface area (Å²) in [6.45, 7) is 8.07. The molecule has 0 atom stereocenters. The Kier molecular flexibility index (Phi) is 11.5. The summed E-state index contributed by atoms with van der Waals surface area (Å²) >= 11 is 0. The summed E-state index contributed by atoms with van der Waals surface area (Å²) in [6.07, 6.45) is 7.90. The van der Waals surface area contributed by atoms with Gasteiger partial charge in [0.25, 0.3) is 5.56 Å². The summed E-state index contributed by atoms with van der Waals surface area (Å²) < 4.78 is 5.84. The van der Waals surface area contributed by atoms with Crippen LogP contribution in [0.5, 0.6) is 5.75 Å². The lowest BCUT2D eigenvalue weighted by Crippen LogP contribution is -2.29. The number of likely N-dealkylation sites (tertiary alicyclic amines) is 1. The van der Waals surface area contributed by atoms with E-state index in [1.165, 1.54) is 37.9 Å². The summed E-state index contributed by atoms with van der Waals surface area (Å²) in [6, 6.07) is 8.35. The van der Waals surface area contributed by atoms with Crippen LogP contribution in [0.4, 0.5) is 5.95 Å². The first-order chi connectivity index (χ1) is 13.6. The zero-order valence-electron chi connectivity index (χ0n) is 17.6. The molecule has 3 rings (SSSR count). The fourth-order valence-corrected chi connectivity index (χ4v) is 3.29. The lowest BCUT2D eigenvalue weighted by atomic mass is 10.1. The van der Waals surface area contributed by atoms with E-state index in [0.29, 0.717) is 24.7 Å².